The zero-order valence-electron chi connectivity index (χ0n) is 21.8. The summed E-state index contributed by atoms with van der Waals surface area (Å²) in [5, 5.41) is 1.03. The van der Waals surface area contributed by atoms with Crippen LogP contribution in [0.1, 0.15) is 40.4 Å². The summed E-state index contributed by atoms with van der Waals surface area (Å²) < 4.78 is 6.44. The fourth-order valence-electron chi connectivity index (χ4n) is 5.83. The second-order valence-corrected chi connectivity index (χ2v) is 12.6. The number of nitrogens with two attached hydrogens (primary N) is 1. The summed E-state index contributed by atoms with van der Waals surface area (Å²) in [5.41, 5.74) is 8.73. The van der Waals surface area contributed by atoms with Crippen LogP contribution in [0, 0.1) is 3.57 Å². The molecular formula is C30H29Cl2IN4O3. The van der Waals surface area contributed by atoms with Crippen molar-refractivity contribution in [3.63, 3.8) is 0 Å². The maximum absolute atomic E-state index is 14.7. The molecule has 1 saturated heterocycles. The number of ether oxygens (including phenoxy) is 1. The van der Waals surface area contributed by atoms with Crippen molar-refractivity contribution in [2.24, 2.45) is 0 Å². The second-order valence-electron chi connectivity index (χ2n) is 10.5. The van der Waals surface area contributed by atoms with E-state index in [1.165, 1.54) is 0 Å². The Morgan fingerprint density at radius 1 is 0.950 bits per heavy atom. The van der Waals surface area contributed by atoms with Gasteiger partial charge in [0.25, 0.3) is 11.8 Å². The average molecular weight is 691 g/mol. The van der Waals surface area contributed by atoms with Crippen LogP contribution in [-0.4, -0.2) is 61.0 Å². The lowest BCUT2D eigenvalue weighted by Gasteiger charge is -2.38. The number of halogens is 3. The molecule has 6 rings (SSSR count). The molecule has 0 spiro atoms. The van der Waals surface area contributed by atoms with Crippen molar-refractivity contribution in [1.82, 2.24) is 9.80 Å². The van der Waals surface area contributed by atoms with Crippen LogP contribution in [0.4, 0.5) is 11.4 Å². The Hall–Kier alpha value is -2.37. The number of anilines is 2. The number of carbonyl (C=O) groups excluding carboxylic acids is 2. The zero-order valence-corrected chi connectivity index (χ0v) is 25.5. The first-order valence-corrected chi connectivity index (χ1v) is 15.2. The quantitative estimate of drug-likeness (QED) is 0.264. The molecule has 1 saturated carbocycles. The third-order valence-electron chi connectivity index (χ3n) is 8.10. The van der Waals surface area contributed by atoms with Gasteiger partial charge in [-0.2, -0.15) is 0 Å². The van der Waals surface area contributed by atoms with Crippen molar-refractivity contribution in [2.45, 2.75) is 24.4 Å². The maximum atomic E-state index is 14.7. The third-order valence-corrected chi connectivity index (χ3v) is 9.37. The SMILES string of the molecule is Nc1cc(C2(N3C(=O)c4cc(I)ccc4N(CCN4CCOCC4)C(=O)C3c3ccc(Cl)cc3)CC2)ccc1Cl. The van der Waals surface area contributed by atoms with Gasteiger partial charge in [-0.3, -0.25) is 14.5 Å². The topological polar surface area (TPSA) is 79.1 Å². The number of hydrogen-bond donors (Lipinski definition) is 1. The van der Waals surface area contributed by atoms with E-state index in [1.807, 2.05) is 42.5 Å². The molecule has 2 aliphatic heterocycles. The highest BCUT2D eigenvalue weighted by molar-refractivity contribution is 14.1. The van der Waals surface area contributed by atoms with Gasteiger partial charge in [0, 0.05) is 34.8 Å². The number of rotatable bonds is 6. The molecule has 208 valence electrons. The van der Waals surface area contributed by atoms with E-state index >= 15 is 0 Å². The number of carbonyl (C=O) groups is 2. The maximum Gasteiger partial charge on any atom is 0.257 e. The van der Waals surface area contributed by atoms with E-state index < -0.39 is 11.6 Å². The van der Waals surface area contributed by atoms with Crippen molar-refractivity contribution in [2.75, 3.05) is 50.0 Å². The molecule has 1 atom stereocenters. The summed E-state index contributed by atoms with van der Waals surface area (Å²) in [6, 6.07) is 17.6. The number of amides is 2. The highest BCUT2D eigenvalue weighted by atomic mass is 127. The fourth-order valence-corrected chi connectivity index (χ4v) is 6.57. The van der Waals surface area contributed by atoms with Gasteiger partial charge in [0.05, 0.1) is 40.7 Å². The van der Waals surface area contributed by atoms with Gasteiger partial charge in [-0.25, -0.2) is 0 Å². The van der Waals surface area contributed by atoms with E-state index in [9.17, 15) is 9.59 Å². The summed E-state index contributed by atoms with van der Waals surface area (Å²) in [6.45, 7) is 4.12. The standard InChI is InChI=1S/C30H29Cl2IN4O3/c31-21-4-1-19(2-5-21)27-29(39)36(12-11-35-13-15-40-16-14-35)26-8-6-22(33)18-23(26)28(38)37(27)30(9-10-30)20-3-7-24(32)25(34)17-20/h1-8,17-18,27H,9-16,34H2. The molecule has 1 aliphatic carbocycles. The number of hydrogen-bond acceptors (Lipinski definition) is 5. The van der Waals surface area contributed by atoms with Gasteiger partial charge in [-0.15, -0.1) is 0 Å². The minimum absolute atomic E-state index is 0.142. The molecular weight excluding hydrogens is 662 g/mol. The van der Waals surface area contributed by atoms with Crippen LogP contribution in [0.5, 0.6) is 0 Å². The Balaban J connectivity index is 1.50. The Kier molecular flexibility index (Phi) is 7.73. The Bertz CT molecular complexity index is 1460. The van der Waals surface area contributed by atoms with E-state index in [0.29, 0.717) is 66.1 Å². The summed E-state index contributed by atoms with van der Waals surface area (Å²) in [6.07, 6.45) is 1.43. The van der Waals surface area contributed by atoms with Crippen molar-refractivity contribution < 1.29 is 14.3 Å². The molecule has 40 heavy (non-hydrogen) atoms. The normalized spacial score (nSPS) is 20.8. The molecule has 3 aliphatic rings. The molecule has 0 bridgehead atoms. The summed E-state index contributed by atoms with van der Waals surface area (Å²) >= 11 is 14.7. The predicted octanol–water partition coefficient (Wildman–Crippen LogP) is 5.73. The number of fused-ring (bicyclic) bond motifs is 1. The highest BCUT2D eigenvalue weighted by Gasteiger charge is 2.57. The first kappa shape index (κ1) is 27.8. The molecule has 2 heterocycles. The number of benzene rings is 3. The van der Waals surface area contributed by atoms with Crippen LogP contribution >= 0.6 is 45.8 Å². The molecule has 3 aromatic rings. The Morgan fingerprint density at radius 2 is 1.68 bits per heavy atom. The molecule has 0 aromatic heterocycles. The average Bonchev–Trinajstić information content (AvgIpc) is 3.76. The van der Waals surface area contributed by atoms with Crippen molar-refractivity contribution in [3.05, 3.63) is 91.0 Å². The fraction of sp³-hybridized carbons (Fsp3) is 0.333. The highest BCUT2D eigenvalue weighted by Crippen LogP contribution is 2.56. The number of nitrogens with zero attached hydrogens (tertiary/aromatic N) is 3. The van der Waals surface area contributed by atoms with Crippen LogP contribution < -0.4 is 10.6 Å². The van der Waals surface area contributed by atoms with E-state index in [1.54, 1.807) is 28.0 Å². The molecule has 1 unspecified atom stereocenters. The molecule has 3 aromatic carbocycles. The Morgan fingerprint density at radius 3 is 2.35 bits per heavy atom. The van der Waals surface area contributed by atoms with E-state index in [-0.39, 0.29) is 11.8 Å². The van der Waals surface area contributed by atoms with Gasteiger partial charge >= 0.3 is 0 Å². The molecule has 0 radical (unpaired) electrons. The lowest BCUT2D eigenvalue weighted by atomic mass is 9.95. The van der Waals surface area contributed by atoms with Gasteiger partial charge in [0.1, 0.15) is 6.04 Å². The summed E-state index contributed by atoms with van der Waals surface area (Å²) in [4.78, 5) is 35.3. The molecule has 2 N–H and O–H groups in total. The lowest BCUT2D eigenvalue weighted by molar-refractivity contribution is -0.124. The van der Waals surface area contributed by atoms with Crippen molar-refractivity contribution in [3.8, 4) is 0 Å². The van der Waals surface area contributed by atoms with Crippen LogP contribution in [0.25, 0.3) is 0 Å². The van der Waals surface area contributed by atoms with Crippen LogP contribution in [-0.2, 0) is 15.1 Å². The number of morpholine rings is 1. The molecule has 10 heteroatoms. The Labute approximate surface area is 257 Å². The molecule has 2 amide bonds. The second kappa shape index (κ2) is 11.1. The van der Waals surface area contributed by atoms with Crippen LogP contribution in [0.2, 0.25) is 10.0 Å². The smallest absolute Gasteiger partial charge is 0.257 e. The van der Waals surface area contributed by atoms with Gasteiger partial charge in [-0.1, -0.05) is 41.4 Å². The largest absolute Gasteiger partial charge is 0.398 e. The van der Waals surface area contributed by atoms with Gasteiger partial charge < -0.3 is 20.3 Å². The lowest BCUT2D eigenvalue weighted by Crippen LogP contribution is -2.49. The monoisotopic (exact) mass is 690 g/mol. The van der Waals surface area contributed by atoms with Crippen molar-refractivity contribution >= 4 is 69.0 Å². The van der Waals surface area contributed by atoms with E-state index in [4.69, 9.17) is 33.7 Å². The first-order chi connectivity index (χ1) is 19.3. The van der Waals surface area contributed by atoms with Crippen molar-refractivity contribution in [1.29, 1.82) is 0 Å². The van der Waals surface area contributed by atoms with Crippen LogP contribution in [0.15, 0.2) is 60.7 Å². The third kappa shape index (κ3) is 5.09. The van der Waals surface area contributed by atoms with E-state index in [0.717, 1.165) is 27.8 Å². The minimum atomic E-state index is -0.848. The molecule has 2 fully saturated rings. The minimum Gasteiger partial charge on any atom is -0.398 e. The predicted molar refractivity (Wildman–Crippen MR) is 166 cm³/mol. The number of nitrogen functional groups attached to an aromatic ring is 1. The van der Waals surface area contributed by atoms with E-state index in [2.05, 4.69) is 27.5 Å². The molecule has 7 nitrogen and oxygen atoms in total. The summed E-state index contributed by atoms with van der Waals surface area (Å²) in [7, 11) is 0. The van der Waals surface area contributed by atoms with Gasteiger partial charge in [0.15, 0.2) is 0 Å². The first-order valence-electron chi connectivity index (χ1n) is 13.3. The van der Waals surface area contributed by atoms with Gasteiger partial charge in [-0.05, 0) is 89.0 Å². The zero-order chi connectivity index (χ0) is 28.0. The van der Waals surface area contributed by atoms with Crippen LogP contribution in [0.3, 0.4) is 0 Å². The van der Waals surface area contributed by atoms with Gasteiger partial charge in [0.2, 0.25) is 0 Å². The summed E-state index contributed by atoms with van der Waals surface area (Å²) in [5.74, 6) is -0.321.